The minimum absolute atomic E-state index is 0.225. The van der Waals surface area contributed by atoms with Crippen molar-refractivity contribution in [1.29, 1.82) is 0 Å². The molecule has 24 heavy (non-hydrogen) atoms. The number of fused-ring (bicyclic) bond motifs is 1. The predicted molar refractivity (Wildman–Crippen MR) is 89.8 cm³/mol. The second-order valence-corrected chi connectivity index (χ2v) is 5.81. The van der Waals surface area contributed by atoms with Crippen LogP contribution >= 0.6 is 11.6 Å². The predicted octanol–water partition coefficient (Wildman–Crippen LogP) is 1.96. The summed E-state index contributed by atoms with van der Waals surface area (Å²) in [4.78, 5) is 28.6. The maximum absolute atomic E-state index is 13.0. The summed E-state index contributed by atoms with van der Waals surface area (Å²) in [6.45, 7) is 1.88. The van der Waals surface area contributed by atoms with Crippen molar-refractivity contribution in [3.8, 4) is 5.82 Å². The molecule has 0 spiro atoms. The van der Waals surface area contributed by atoms with Gasteiger partial charge in [-0.3, -0.25) is 14.3 Å². The van der Waals surface area contributed by atoms with Gasteiger partial charge in [-0.1, -0.05) is 18.5 Å². The quantitative estimate of drug-likeness (QED) is 0.780. The molecule has 8 heteroatoms. The molecule has 124 valence electrons. The lowest BCUT2D eigenvalue weighted by Gasteiger charge is -2.14. The Morgan fingerprint density at radius 3 is 2.79 bits per heavy atom. The van der Waals surface area contributed by atoms with Crippen molar-refractivity contribution in [2.75, 3.05) is 0 Å². The maximum Gasteiger partial charge on any atom is 0.308 e. The van der Waals surface area contributed by atoms with Crippen LogP contribution in [0.3, 0.4) is 0 Å². The van der Waals surface area contributed by atoms with E-state index in [1.165, 1.54) is 15.4 Å². The highest BCUT2D eigenvalue weighted by Gasteiger charge is 2.19. The highest BCUT2D eigenvalue weighted by molar-refractivity contribution is 6.31. The Kier molecular flexibility index (Phi) is 4.11. The summed E-state index contributed by atoms with van der Waals surface area (Å²) in [5, 5.41) is 14.1. The van der Waals surface area contributed by atoms with Gasteiger partial charge in [0.05, 0.1) is 23.5 Å². The Morgan fingerprint density at radius 1 is 1.38 bits per heavy atom. The Labute approximate surface area is 142 Å². The number of carbonyl (C=O) groups is 1. The van der Waals surface area contributed by atoms with Gasteiger partial charge in [0, 0.05) is 24.1 Å². The lowest BCUT2D eigenvalue weighted by molar-refractivity contribution is -0.136. The van der Waals surface area contributed by atoms with Crippen molar-refractivity contribution in [3.05, 3.63) is 51.2 Å². The van der Waals surface area contributed by atoms with Crippen LogP contribution in [0, 0.1) is 0 Å². The fourth-order valence-electron chi connectivity index (χ4n) is 2.71. The zero-order valence-corrected chi connectivity index (χ0v) is 13.9. The molecule has 0 amide bonds. The van der Waals surface area contributed by atoms with Gasteiger partial charge in [0.2, 0.25) is 0 Å². The van der Waals surface area contributed by atoms with Crippen LogP contribution < -0.4 is 5.56 Å². The first kappa shape index (κ1) is 16.2. The molecule has 0 aliphatic rings. The van der Waals surface area contributed by atoms with Crippen LogP contribution in [0.4, 0.5) is 0 Å². The molecule has 0 radical (unpaired) electrons. The average Bonchev–Trinajstić information content (AvgIpc) is 2.86. The van der Waals surface area contributed by atoms with Gasteiger partial charge in [-0.15, -0.1) is 0 Å². The standard InChI is InChI=1S/C16H15ClN4O3/c1-3-13-19-12-7-10(17)4-5-11(12)16(24)21(13)15-9(6-14(22)23)8-18-20(15)2/h4-5,7-8H,3,6H2,1-2H3,(H,22,23). The number of nitrogens with zero attached hydrogens (tertiary/aromatic N) is 4. The van der Waals surface area contributed by atoms with Crippen molar-refractivity contribution in [1.82, 2.24) is 19.3 Å². The van der Waals surface area contributed by atoms with E-state index in [0.717, 1.165) is 0 Å². The van der Waals surface area contributed by atoms with Crippen LogP contribution in [0.15, 0.2) is 29.2 Å². The third kappa shape index (κ3) is 2.67. The van der Waals surface area contributed by atoms with E-state index in [9.17, 15) is 9.59 Å². The van der Waals surface area contributed by atoms with E-state index in [1.807, 2.05) is 6.92 Å². The van der Waals surface area contributed by atoms with Gasteiger partial charge in [-0.25, -0.2) is 9.55 Å². The monoisotopic (exact) mass is 346 g/mol. The summed E-state index contributed by atoms with van der Waals surface area (Å²) < 4.78 is 2.92. The number of hydrogen-bond donors (Lipinski definition) is 1. The lowest BCUT2D eigenvalue weighted by atomic mass is 10.2. The number of carboxylic acid groups (broad SMARTS) is 1. The zero-order chi connectivity index (χ0) is 17.4. The van der Waals surface area contributed by atoms with Crippen molar-refractivity contribution in [2.24, 2.45) is 7.05 Å². The Morgan fingerprint density at radius 2 is 2.12 bits per heavy atom. The van der Waals surface area contributed by atoms with Gasteiger partial charge < -0.3 is 5.11 Å². The topological polar surface area (TPSA) is 90.0 Å². The minimum atomic E-state index is -0.990. The lowest BCUT2D eigenvalue weighted by Crippen LogP contribution is -2.26. The summed E-state index contributed by atoms with van der Waals surface area (Å²) in [5.41, 5.74) is 0.697. The van der Waals surface area contributed by atoms with Gasteiger partial charge in [-0.2, -0.15) is 5.10 Å². The van der Waals surface area contributed by atoms with Crippen LogP contribution in [0.5, 0.6) is 0 Å². The molecule has 1 N–H and O–H groups in total. The molecule has 0 atom stereocenters. The number of aromatic nitrogens is 4. The molecule has 0 bridgehead atoms. The number of rotatable bonds is 4. The molecular formula is C16H15ClN4O3. The Balaban J connectivity index is 2.36. The average molecular weight is 347 g/mol. The van der Waals surface area contributed by atoms with Crippen LogP contribution in [0.1, 0.15) is 18.3 Å². The number of aliphatic carboxylic acids is 1. The SMILES string of the molecule is CCc1nc2cc(Cl)ccc2c(=O)n1-c1c(CC(=O)O)cnn1C. The minimum Gasteiger partial charge on any atom is -0.481 e. The molecule has 3 aromatic rings. The van der Waals surface area contributed by atoms with E-state index in [-0.39, 0.29) is 12.0 Å². The van der Waals surface area contributed by atoms with Gasteiger partial charge in [-0.05, 0) is 18.2 Å². The van der Waals surface area contributed by atoms with Crippen LogP contribution in [-0.4, -0.2) is 30.4 Å². The Bertz CT molecular complexity index is 1010. The number of benzene rings is 1. The third-order valence-electron chi connectivity index (χ3n) is 3.75. The van der Waals surface area contributed by atoms with Crippen molar-refractivity contribution in [2.45, 2.75) is 19.8 Å². The molecule has 0 fully saturated rings. The highest BCUT2D eigenvalue weighted by Crippen LogP contribution is 2.19. The van der Waals surface area contributed by atoms with Gasteiger partial charge in [0.25, 0.3) is 5.56 Å². The molecule has 0 aliphatic carbocycles. The number of carboxylic acids is 1. The Hall–Kier alpha value is -2.67. The summed E-state index contributed by atoms with van der Waals surface area (Å²) >= 11 is 5.99. The molecule has 2 aromatic heterocycles. The highest BCUT2D eigenvalue weighted by atomic mass is 35.5. The van der Waals surface area contributed by atoms with E-state index in [4.69, 9.17) is 16.7 Å². The van der Waals surface area contributed by atoms with E-state index in [0.29, 0.717) is 39.6 Å². The van der Waals surface area contributed by atoms with Crippen molar-refractivity contribution in [3.63, 3.8) is 0 Å². The van der Waals surface area contributed by atoms with E-state index in [2.05, 4.69) is 10.1 Å². The van der Waals surface area contributed by atoms with Crippen LogP contribution in [0.2, 0.25) is 5.02 Å². The van der Waals surface area contributed by atoms with E-state index in [1.54, 1.807) is 25.2 Å². The number of hydrogen-bond acceptors (Lipinski definition) is 4. The summed E-state index contributed by atoms with van der Waals surface area (Å²) in [6.07, 6.45) is 1.73. The first-order chi connectivity index (χ1) is 11.4. The summed E-state index contributed by atoms with van der Waals surface area (Å²) in [6, 6.07) is 4.89. The molecule has 7 nitrogen and oxygen atoms in total. The number of halogens is 1. The molecule has 2 heterocycles. The van der Waals surface area contributed by atoms with Crippen LogP contribution in [-0.2, 0) is 24.7 Å². The first-order valence-corrected chi connectivity index (χ1v) is 7.74. The fraction of sp³-hybridized carbons (Fsp3) is 0.250. The van der Waals surface area contributed by atoms with Gasteiger partial charge in [0.1, 0.15) is 11.6 Å². The molecule has 1 aromatic carbocycles. The zero-order valence-electron chi connectivity index (χ0n) is 13.2. The van der Waals surface area contributed by atoms with Crippen molar-refractivity contribution >= 4 is 28.5 Å². The smallest absolute Gasteiger partial charge is 0.308 e. The largest absolute Gasteiger partial charge is 0.481 e. The van der Waals surface area contributed by atoms with Gasteiger partial charge in [0.15, 0.2) is 0 Å². The summed E-state index contributed by atoms with van der Waals surface area (Å²) in [5.74, 6) is -0.0514. The number of aryl methyl sites for hydroxylation is 2. The molecular weight excluding hydrogens is 332 g/mol. The first-order valence-electron chi connectivity index (χ1n) is 7.36. The molecule has 0 unspecified atom stereocenters. The molecule has 0 saturated heterocycles. The molecule has 0 saturated carbocycles. The van der Waals surface area contributed by atoms with Crippen LogP contribution in [0.25, 0.3) is 16.7 Å². The van der Waals surface area contributed by atoms with Crippen molar-refractivity contribution < 1.29 is 9.90 Å². The third-order valence-corrected chi connectivity index (χ3v) is 3.99. The summed E-state index contributed by atoms with van der Waals surface area (Å²) in [7, 11) is 1.67. The van der Waals surface area contributed by atoms with E-state index < -0.39 is 5.97 Å². The maximum atomic E-state index is 13.0. The van der Waals surface area contributed by atoms with E-state index >= 15 is 0 Å². The second-order valence-electron chi connectivity index (χ2n) is 5.37. The molecule has 0 aliphatic heterocycles. The molecule has 3 rings (SSSR count). The normalized spacial score (nSPS) is 11.1. The van der Waals surface area contributed by atoms with Gasteiger partial charge >= 0.3 is 5.97 Å². The fourth-order valence-corrected chi connectivity index (χ4v) is 2.88. The second kappa shape index (κ2) is 6.09.